The molecule has 1 aliphatic rings. The van der Waals surface area contributed by atoms with Crippen molar-refractivity contribution >= 4 is 5.69 Å². The van der Waals surface area contributed by atoms with Crippen LogP contribution in [0, 0.1) is 0 Å². The number of hydrogen-bond acceptors (Lipinski definition) is 3. The summed E-state index contributed by atoms with van der Waals surface area (Å²) in [6.07, 6.45) is 1.60. The van der Waals surface area contributed by atoms with Crippen molar-refractivity contribution in [3.8, 4) is 0 Å². The van der Waals surface area contributed by atoms with Crippen LogP contribution in [0.2, 0.25) is 0 Å². The van der Waals surface area contributed by atoms with Crippen LogP contribution in [-0.4, -0.2) is 11.3 Å². The summed E-state index contributed by atoms with van der Waals surface area (Å²) in [6, 6.07) is 17.9. The molecule has 0 amide bonds. The van der Waals surface area contributed by atoms with Crippen molar-refractivity contribution in [2.45, 2.75) is 18.9 Å². The molecule has 3 rings (SSSR count). The molecule has 1 unspecified atom stereocenters. The van der Waals surface area contributed by atoms with Gasteiger partial charge in [-0.2, -0.15) is 0 Å². The van der Waals surface area contributed by atoms with Crippen molar-refractivity contribution in [1.82, 2.24) is 0 Å². The van der Waals surface area contributed by atoms with E-state index in [9.17, 15) is 5.21 Å². The maximum Gasteiger partial charge on any atom is 0.0978 e. The van der Waals surface area contributed by atoms with E-state index in [1.54, 1.807) is 0 Å². The second kappa shape index (κ2) is 4.80. The number of fused-ring (bicyclic) bond motifs is 1. The second-order valence-electron chi connectivity index (χ2n) is 4.52. The number of nitrogens with zero attached hydrogens (tertiary/aromatic N) is 1. The first kappa shape index (κ1) is 11.3. The molecule has 3 nitrogen and oxygen atoms in total. The highest BCUT2D eigenvalue weighted by atomic mass is 16.9. The van der Waals surface area contributed by atoms with Crippen molar-refractivity contribution in [2.75, 3.05) is 5.23 Å². The Morgan fingerprint density at radius 3 is 2.61 bits per heavy atom. The molecular formula is C15H15NO2. The van der Waals surface area contributed by atoms with Gasteiger partial charge in [0.1, 0.15) is 0 Å². The van der Waals surface area contributed by atoms with Crippen molar-refractivity contribution < 1.29 is 10.0 Å². The van der Waals surface area contributed by atoms with Gasteiger partial charge in [-0.15, -0.1) is 5.23 Å². The number of anilines is 1. The minimum Gasteiger partial charge on any atom is -0.264 e. The van der Waals surface area contributed by atoms with E-state index in [0.717, 1.165) is 29.3 Å². The first-order valence-electron chi connectivity index (χ1n) is 6.10. The van der Waals surface area contributed by atoms with Gasteiger partial charge in [0.2, 0.25) is 0 Å². The number of rotatable bonds is 2. The Bertz CT molecular complexity index is 527. The Balaban J connectivity index is 1.78. The highest BCUT2D eigenvalue weighted by Crippen LogP contribution is 2.28. The fourth-order valence-corrected chi connectivity index (χ4v) is 2.34. The topological polar surface area (TPSA) is 32.7 Å². The summed E-state index contributed by atoms with van der Waals surface area (Å²) in [4.78, 5) is 5.51. The van der Waals surface area contributed by atoms with E-state index in [-0.39, 0.29) is 6.10 Å². The average molecular weight is 241 g/mol. The molecule has 2 aromatic carbocycles. The SMILES string of the molecule is ON1OC(Cc2ccccc2)Cc2ccccc21. The van der Waals surface area contributed by atoms with Crippen LogP contribution in [0.1, 0.15) is 11.1 Å². The van der Waals surface area contributed by atoms with Crippen molar-refractivity contribution in [2.24, 2.45) is 0 Å². The Morgan fingerprint density at radius 2 is 1.78 bits per heavy atom. The fourth-order valence-electron chi connectivity index (χ4n) is 2.34. The van der Waals surface area contributed by atoms with Crippen LogP contribution in [0.3, 0.4) is 0 Å². The van der Waals surface area contributed by atoms with Crippen molar-refractivity contribution in [1.29, 1.82) is 0 Å². The van der Waals surface area contributed by atoms with E-state index < -0.39 is 0 Å². The molecule has 0 fully saturated rings. The molecular weight excluding hydrogens is 226 g/mol. The molecule has 2 aromatic rings. The lowest BCUT2D eigenvalue weighted by atomic mass is 9.99. The molecule has 0 saturated heterocycles. The second-order valence-corrected chi connectivity index (χ2v) is 4.52. The van der Waals surface area contributed by atoms with E-state index in [1.807, 2.05) is 42.5 Å². The van der Waals surface area contributed by atoms with Crippen LogP contribution in [0.5, 0.6) is 0 Å². The Morgan fingerprint density at radius 1 is 1.06 bits per heavy atom. The van der Waals surface area contributed by atoms with Gasteiger partial charge in [0.25, 0.3) is 0 Å². The molecule has 1 N–H and O–H groups in total. The summed E-state index contributed by atoms with van der Waals surface area (Å²) < 4.78 is 0. The zero-order chi connectivity index (χ0) is 12.4. The summed E-state index contributed by atoms with van der Waals surface area (Å²) >= 11 is 0. The summed E-state index contributed by atoms with van der Waals surface area (Å²) in [5, 5.41) is 10.7. The Hall–Kier alpha value is -1.84. The van der Waals surface area contributed by atoms with Crippen molar-refractivity contribution in [3.63, 3.8) is 0 Å². The smallest absolute Gasteiger partial charge is 0.0978 e. The van der Waals surface area contributed by atoms with Gasteiger partial charge in [-0.1, -0.05) is 48.5 Å². The van der Waals surface area contributed by atoms with Crippen LogP contribution in [-0.2, 0) is 17.7 Å². The normalized spacial score (nSPS) is 18.5. The molecule has 1 aliphatic heterocycles. The van der Waals surface area contributed by atoms with Gasteiger partial charge in [-0.05, 0) is 17.2 Å². The lowest BCUT2D eigenvalue weighted by Gasteiger charge is -2.30. The third-order valence-corrected chi connectivity index (χ3v) is 3.20. The predicted octanol–water partition coefficient (Wildman–Crippen LogP) is 2.98. The molecule has 92 valence electrons. The lowest BCUT2D eigenvalue weighted by molar-refractivity contribution is -0.0916. The van der Waals surface area contributed by atoms with Crippen LogP contribution in [0.4, 0.5) is 5.69 Å². The number of benzene rings is 2. The van der Waals surface area contributed by atoms with E-state index >= 15 is 0 Å². The molecule has 1 atom stereocenters. The summed E-state index contributed by atoms with van der Waals surface area (Å²) in [6.45, 7) is 0. The van der Waals surface area contributed by atoms with Gasteiger partial charge in [-0.25, -0.2) is 4.84 Å². The zero-order valence-electron chi connectivity index (χ0n) is 9.99. The molecule has 18 heavy (non-hydrogen) atoms. The van der Waals surface area contributed by atoms with Gasteiger partial charge in [0, 0.05) is 12.8 Å². The molecule has 0 spiro atoms. The molecule has 0 aromatic heterocycles. The summed E-state index contributed by atoms with van der Waals surface area (Å²) in [5.74, 6) is 0. The van der Waals surface area contributed by atoms with Gasteiger partial charge in [-0.3, -0.25) is 5.21 Å². The summed E-state index contributed by atoms with van der Waals surface area (Å²) in [5.41, 5.74) is 3.07. The molecule has 0 bridgehead atoms. The molecule has 0 radical (unpaired) electrons. The number of para-hydroxylation sites is 1. The fraction of sp³-hybridized carbons (Fsp3) is 0.200. The predicted molar refractivity (Wildman–Crippen MR) is 69.4 cm³/mol. The number of hydrogen-bond donors (Lipinski definition) is 1. The highest BCUT2D eigenvalue weighted by Gasteiger charge is 2.24. The highest BCUT2D eigenvalue weighted by molar-refractivity contribution is 5.51. The van der Waals surface area contributed by atoms with Crippen molar-refractivity contribution in [3.05, 3.63) is 65.7 Å². The van der Waals surface area contributed by atoms with Gasteiger partial charge >= 0.3 is 0 Å². The zero-order valence-corrected chi connectivity index (χ0v) is 9.99. The monoisotopic (exact) mass is 241 g/mol. The molecule has 3 heteroatoms. The third-order valence-electron chi connectivity index (χ3n) is 3.20. The standard InChI is InChI=1S/C15H15NO2/c17-16-15-9-5-4-8-13(15)11-14(18-16)10-12-6-2-1-3-7-12/h1-9,14,17H,10-11H2. The van der Waals surface area contributed by atoms with E-state index in [4.69, 9.17) is 4.84 Å². The maximum atomic E-state index is 9.82. The minimum absolute atomic E-state index is 0.0210. The largest absolute Gasteiger partial charge is 0.264 e. The van der Waals surface area contributed by atoms with Gasteiger partial charge in [0.05, 0.1) is 11.8 Å². The van der Waals surface area contributed by atoms with E-state index in [1.165, 1.54) is 5.56 Å². The first-order valence-corrected chi connectivity index (χ1v) is 6.10. The van der Waals surface area contributed by atoms with Crippen LogP contribution in [0.15, 0.2) is 54.6 Å². The molecule has 0 aliphatic carbocycles. The quantitative estimate of drug-likeness (QED) is 0.877. The van der Waals surface area contributed by atoms with E-state index in [2.05, 4.69) is 12.1 Å². The minimum atomic E-state index is -0.0210. The van der Waals surface area contributed by atoms with Crippen LogP contribution in [0.25, 0.3) is 0 Å². The Kier molecular flexibility index (Phi) is 3.00. The van der Waals surface area contributed by atoms with Crippen LogP contribution >= 0.6 is 0 Å². The Labute approximate surface area is 106 Å². The average Bonchev–Trinajstić information content (AvgIpc) is 2.40. The van der Waals surface area contributed by atoms with Gasteiger partial charge in [0.15, 0.2) is 0 Å². The first-order chi connectivity index (χ1) is 8.83. The molecule has 1 heterocycles. The third kappa shape index (κ3) is 2.23. The summed E-state index contributed by atoms with van der Waals surface area (Å²) in [7, 11) is 0. The lowest BCUT2D eigenvalue weighted by Crippen LogP contribution is -2.35. The van der Waals surface area contributed by atoms with Gasteiger partial charge < -0.3 is 0 Å². The van der Waals surface area contributed by atoms with E-state index in [0.29, 0.717) is 0 Å². The molecule has 0 saturated carbocycles. The van der Waals surface area contributed by atoms with Crippen LogP contribution < -0.4 is 5.23 Å². The maximum absolute atomic E-state index is 9.82.